The lowest BCUT2D eigenvalue weighted by atomic mass is 10.2. The first-order valence-corrected chi connectivity index (χ1v) is 8.86. The van der Waals surface area contributed by atoms with Gasteiger partial charge in [0.2, 0.25) is 0 Å². The van der Waals surface area contributed by atoms with Crippen LogP contribution in [-0.4, -0.2) is 15.2 Å². The number of thiazole rings is 1. The Kier molecular flexibility index (Phi) is 4.42. The van der Waals surface area contributed by atoms with Crippen molar-refractivity contribution >= 4 is 39.0 Å². The summed E-state index contributed by atoms with van der Waals surface area (Å²) in [6.07, 6.45) is 0. The minimum Gasteiger partial charge on any atom is -0.410 e. The van der Waals surface area contributed by atoms with Crippen LogP contribution in [0.1, 0.15) is 16.3 Å². The summed E-state index contributed by atoms with van der Waals surface area (Å²) in [6, 6.07) is 8.20. The highest BCUT2D eigenvalue weighted by atomic mass is 79.9. The summed E-state index contributed by atoms with van der Waals surface area (Å²) < 4.78 is 6.79. The number of rotatable bonds is 4. The molecule has 0 radical (unpaired) electrons. The Balaban J connectivity index is 1.70. The first-order valence-electron chi connectivity index (χ1n) is 6.27. The van der Waals surface area contributed by atoms with Gasteiger partial charge in [-0.1, -0.05) is 39.8 Å². The molecule has 3 aromatic rings. The molecule has 2 aromatic heterocycles. The third-order valence-electron chi connectivity index (χ3n) is 2.78. The van der Waals surface area contributed by atoms with E-state index in [0.717, 1.165) is 25.8 Å². The Hall–Kier alpha value is -1.18. The first kappa shape index (κ1) is 14.7. The molecule has 0 saturated heterocycles. The Labute approximate surface area is 139 Å². The fourth-order valence-corrected chi connectivity index (χ4v) is 3.64. The highest BCUT2D eigenvalue weighted by Crippen LogP contribution is 2.31. The normalized spacial score (nSPS) is 11.0. The van der Waals surface area contributed by atoms with Crippen LogP contribution in [0.4, 0.5) is 0 Å². The second kappa shape index (κ2) is 6.29. The molecule has 1 aromatic carbocycles. The molecular weight excluding hydrogens is 370 g/mol. The van der Waals surface area contributed by atoms with Crippen molar-refractivity contribution in [2.75, 3.05) is 0 Å². The zero-order valence-corrected chi connectivity index (χ0v) is 14.7. The van der Waals surface area contributed by atoms with Crippen LogP contribution in [0, 0.1) is 13.8 Å². The maximum atomic E-state index is 5.71. The maximum absolute atomic E-state index is 5.71. The topological polar surface area (TPSA) is 51.8 Å². The van der Waals surface area contributed by atoms with Crippen LogP contribution in [0.25, 0.3) is 10.8 Å². The van der Waals surface area contributed by atoms with Crippen molar-refractivity contribution in [2.24, 2.45) is 0 Å². The van der Waals surface area contributed by atoms with Crippen molar-refractivity contribution in [3.63, 3.8) is 0 Å². The van der Waals surface area contributed by atoms with E-state index >= 15 is 0 Å². The number of hydrogen-bond acceptors (Lipinski definition) is 6. The Bertz CT molecular complexity index is 752. The minimum atomic E-state index is 0.552. The number of thioether (sulfide) groups is 1. The van der Waals surface area contributed by atoms with Gasteiger partial charge < -0.3 is 4.42 Å². The monoisotopic (exact) mass is 381 g/mol. The number of hydrogen-bond donors (Lipinski definition) is 0. The van der Waals surface area contributed by atoms with Crippen molar-refractivity contribution in [1.29, 1.82) is 0 Å². The molecule has 0 unspecified atom stereocenters. The highest BCUT2D eigenvalue weighted by molar-refractivity contribution is 9.10. The fourth-order valence-electron chi connectivity index (χ4n) is 1.82. The molecule has 0 atom stereocenters. The molecule has 4 nitrogen and oxygen atoms in total. The van der Waals surface area contributed by atoms with E-state index in [9.17, 15) is 0 Å². The highest BCUT2D eigenvalue weighted by Gasteiger charge is 2.15. The molecule has 7 heteroatoms. The van der Waals surface area contributed by atoms with Gasteiger partial charge in [0.25, 0.3) is 11.1 Å². The van der Waals surface area contributed by atoms with Crippen LogP contribution in [0.2, 0.25) is 0 Å². The predicted octanol–water partition coefficient (Wildman–Crippen LogP) is 4.86. The van der Waals surface area contributed by atoms with Crippen LogP contribution in [0.5, 0.6) is 0 Å². The Morgan fingerprint density at radius 1 is 1.19 bits per heavy atom. The van der Waals surface area contributed by atoms with E-state index in [2.05, 4.69) is 43.2 Å². The molecule has 3 rings (SSSR count). The minimum absolute atomic E-state index is 0.552. The molecule has 0 amide bonds. The third-order valence-corrected chi connectivity index (χ3v) is 5.26. The molecule has 0 N–H and O–H groups in total. The number of benzene rings is 1. The largest absolute Gasteiger partial charge is 0.410 e. The standard InChI is InChI=1S/C14H12BrN3OS2/c1-8-12(21-9(2)16-8)13-17-18-14(19-13)20-7-10-3-5-11(15)6-4-10/h3-6H,7H2,1-2H3. The van der Waals surface area contributed by atoms with E-state index in [0.29, 0.717) is 11.1 Å². The molecular formula is C14H12BrN3OS2. The van der Waals surface area contributed by atoms with Crippen molar-refractivity contribution in [3.05, 3.63) is 45.0 Å². The molecule has 21 heavy (non-hydrogen) atoms. The number of nitrogens with zero attached hydrogens (tertiary/aromatic N) is 3. The second-order valence-corrected chi connectivity index (χ2v) is 7.48. The average molecular weight is 382 g/mol. The van der Waals surface area contributed by atoms with E-state index < -0.39 is 0 Å². The SMILES string of the molecule is Cc1nc(C)c(-c2nnc(SCc3ccc(Br)cc3)o2)s1. The first-order chi connectivity index (χ1) is 10.1. The van der Waals surface area contributed by atoms with Crippen molar-refractivity contribution in [2.45, 2.75) is 24.8 Å². The van der Waals surface area contributed by atoms with E-state index in [1.807, 2.05) is 26.0 Å². The van der Waals surface area contributed by atoms with Crippen LogP contribution in [0.15, 0.2) is 38.4 Å². The maximum Gasteiger partial charge on any atom is 0.277 e. The molecule has 0 fully saturated rings. The molecule has 0 bridgehead atoms. The summed E-state index contributed by atoms with van der Waals surface area (Å²) >= 11 is 6.54. The summed E-state index contributed by atoms with van der Waals surface area (Å²) in [7, 11) is 0. The number of aromatic nitrogens is 3. The lowest BCUT2D eigenvalue weighted by Crippen LogP contribution is -1.80. The molecule has 0 aliphatic carbocycles. The van der Waals surface area contributed by atoms with Gasteiger partial charge in [-0.2, -0.15) is 0 Å². The lowest BCUT2D eigenvalue weighted by molar-refractivity contribution is 0.466. The quantitative estimate of drug-likeness (QED) is 0.603. The van der Waals surface area contributed by atoms with Crippen molar-refractivity contribution in [3.8, 4) is 10.8 Å². The van der Waals surface area contributed by atoms with E-state index in [-0.39, 0.29) is 0 Å². The van der Waals surface area contributed by atoms with Gasteiger partial charge in [0.1, 0.15) is 4.88 Å². The van der Waals surface area contributed by atoms with Gasteiger partial charge in [-0.3, -0.25) is 0 Å². The van der Waals surface area contributed by atoms with Crippen molar-refractivity contribution < 1.29 is 4.42 Å². The second-order valence-electron chi connectivity index (χ2n) is 4.44. The van der Waals surface area contributed by atoms with Gasteiger partial charge in [0.15, 0.2) is 0 Å². The summed E-state index contributed by atoms with van der Waals surface area (Å²) in [4.78, 5) is 5.33. The number of aryl methyl sites for hydroxylation is 2. The van der Waals surface area contributed by atoms with Gasteiger partial charge in [-0.15, -0.1) is 21.5 Å². The summed E-state index contributed by atoms with van der Waals surface area (Å²) in [5, 5.41) is 9.79. The smallest absolute Gasteiger partial charge is 0.277 e. The van der Waals surface area contributed by atoms with Gasteiger partial charge in [0.05, 0.1) is 10.7 Å². The van der Waals surface area contributed by atoms with Crippen molar-refractivity contribution in [1.82, 2.24) is 15.2 Å². The summed E-state index contributed by atoms with van der Waals surface area (Å²) in [6.45, 7) is 3.93. The van der Waals surface area contributed by atoms with Crippen LogP contribution >= 0.6 is 39.0 Å². The lowest BCUT2D eigenvalue weighted by Gasteiger charge is -1.98. The van der Waals surface area contributed by atoms with Crippen LogP contribution in [-0.2, 0) is 5.75 Å². The Morgan fingerprint density at radius 2 is 1.95 bits per heavy atom. The molecule has 0 saturated carbocycles. The summed E-state index contributed by atoms with van der Waals surface area (Å²) in [5.41, 5.74) is 2.15. The molecule has 0 spiro atoms. The van der Waals surface area contributed by atoms with E-state index in [1.165, 1.54) is 17.3 Å². The van der Waals surface area contributed by atoms with E-state index in [1.54, 1.807) is 11.3 Å². The number of halogens is 1. The van der Waals surface area contributed by atoms with Gasteiger partial charge in [-0.25, -0.2) is 4.98 Å². The fraction of sp³-hybridized carbons (Fsp3) is 0.214. The molecule has 108 valence electrons. The van der Waals surface area contributed by atoms with E-state index in [4.69, 9.17) is 4.42 Å². The zero-order valence-electron chi connectivity index (χ0n) is 11.5. The van der Waals surface area contributed by atoms with Crippen LogP contribution < -0.4 is 0 Å². The average Bonchev–Trinajstić information content (AvgIpc) is 3.04. The molecule has 2 heterocycles. The van der Waals surface area contributed by atoms with Gasteiger partial charge in [-0.05, 0) is 31.5 Å². The predicted molar refractivity (Wildman–Crippen MR) is 88.6 cm³/mol. The zero-order chi connectivity index (χ0) is 14.8. The summed E-state index contributed by atoms with van der Waals surface area (Å²) in [5.74, 6) is 1.35. The van der Waals surface area contributed by atoms with Crippen LogP contribution in [0.3, 0.4) is 0 Å². The third kappa shape index (κ3) is 3.53. The van der Waals surface area contributed by atoms with Gasteiger partial charge in [0, 0.05) is 10.2 Å². The molecule has 0 aliphatic heterocycles. The Morgan fingerprint density at radius 3 is 2.62 bits per heavy atom. The van der Waals surface area contributed by atoms with Gasteiger partial charge >= 0.3 is 0 Å². The molecule has 0 aliphatic rings.